The van der Waals surface area contributed by atoms with Crippen LogP contribution in [0.5, 0.6) is 0 Å². The van der Waals surface area contributed by atoms with Crippen LogP contribution in [0.25, 0.3) is 11.0 Å². The molecule has 0 unspecified atom stereocenters. The Morgan fingerprint density at radius 2 is 2.00 bits per heavy atom. The first kappa shape index (κ1) is 12.0. The SMILES string of the molecule is CN1CCN(c2cc([N+](=O)[O-])cc3ccoc23)CC1. The molecule has 2 aromatic rings. The molecule has 1 aromatic carbocycles. The van der Waals surface area contributed by atoms with Gasteiger partial charge in [-0.05, 0) is 13.1 Å². The van der Waals surface area contributed by atoms with Crippen molar-refractivity contribution in [1.29, 1.82) is 0 Å². The van der Waals surface area contributed by atoms with Gasteiger partial charge in [-0.15, -0.1) is 0 Å². The molecule has 3 rings (SSSR count). The minimum absolute atomic E-state index is 0.114. The lowest BCUT2D eigenvalue weighted by Crippen LogP contribution is -2.44. The van der Waals surface area contributed by atoms with Crippen molar-refractivity contribution in [3.63, 3.8) is 0 Å². The van der Waals surface area contributed by atoms with Gasteiger partial charge in [0.05, 0.1) is 16.9 Å². The number of likely N-dealkylation sites (N-methyl/N-ethyl adjacent to an activating group) is 1. The topological polar surface area (TPSA) is 62.8 Å². The van der Waals surface area contributed by atoms with Gasteiger partial charge in [-0.1, -0.05) is 0 Å². The molecule has 0 radical (unpaired) electrons. The summed E-state index contributed by atoms with van der Waals surface area (Å²) in [5, 5.41) is 11.8. The van der Waals surface area contributed by atoms with Crippen molar-refractivity contribution in [2.24, 2.45) is 0 Å². The second kappa shape index (κ2) is 4.55. The standard InChI is InChI=1S/C13H15N3O3/c1-14-3-5-15(6-4-14)12-9-11(16(17)18)8-10-2-7-19-13(10)12/h2,7-9H,3-6H2,1H3. The molecule has 0 aliphatic carbocycles. The maximum atomic E-state index is 11.0. The number of furan rings is 1. The van der Waals surface area contributed by atoms with Crippen LogP contribution in [0, 0.1) is 10.1 Å². The van der Waals surface area contributed by atoms with Gasteiger partial charge in [-0.25, -0.2) is 0 Å². The third kappa shape index (κ3) is 2.15. The van der Waals surface area contributed by atoms with E-state index in [1.165, 1.54) is 0 Å². The number of hydrogen-bond acceptors (Lipinski definition) is 5. The Balaban J connectivity index is 2.05. The third-order valence-corrected chi connectivity index (χ3v) is 3.57. The van der Waals surface area contributed by atoms with Crippen molar-refractivity contribution in [3.8, 4) is 0 Å². The molecule has 0 atom stereocenters. The van der Waals surface area contributed by atoms with E-state index < -0.39 is 0 Å². The molecule has 100 valence electrons. The Kier molecular flexibility index (Phi) is 2.87. The first-order chi connectivity index (χ1) is 9.15. The van der Waals surface area contributed by atoms with Crippen LogP contribution in [0.15, 0.2) is 28.9 Å². The van der Waals surface area contributed by atoms with Crippen LogP contribution in [0.1, 0.15) is 0 Å². The van der Waals surface area contributed by atoms with Gasteiger partial charge in [0.25, 0.3) is 5.69 Å². The van der Waals surface area contributed by atoms with Crippen LogP contribution in [0.4, 0.5) is 11.4 Å². The van der Waals surface area contributed by atoms with Gasteiger partial charge in [0.2, 0.25) is 0 Å². The summed E-state index contributed by atoms with van der Waals surface area (Å²) in [4.78, 5) is 15.0. The number of anilines is 1. The number of non-ortho nitro benzene ring substituents is 1. The van der Waals surface area contributed by atoms with Crippen LogP contribution in [0.2, 0.25) is 0 Å². The zero-order valence-corrected chi connectivity index (χ0v) is 10.7. The second-order valence-corrected chi connectivity index (χ2v) is 4.85. The summed E-state index contributed by atoms with van der Waals surface area (Å²) in [6, 6.07) is 4.93. The highest BCUT2D eigenvalue weighted by atomic mass is 16.6. The van der Waals surface area contributed by atoms with Crippen LogP contribution < -0.4 is 4.90 Å². The summed E-state index contributed by atoms with van der Waals surface area (Å²) in [7, 11) is 2.08. The molecular formula is C13H15N3O3. The minimum Gasteiger partial charge on any atom is -0.462 e. The molecule has 1 fully saturated rings. The van der Waals surface area contributed by atoms with E-state index >= 15 is 0 Å². The number of nitro benzene ring substituents is 1. The number of hydrogen-bond donors (Lipinski definition) is 0. The molecule has 19 heavy (non-hydrogen) atoms. The van der Waals surface area contributed by atoms with E-state index in [4.69, 9.17) is 4.42 Å². The fourth-order valence-corrected chi connectivity index (χ4v) is 2.44. The lowest BCUT2D eigenvalue weighted by molar-refractivity contribution is -0.384. The molecule has 0 spiro atoms. The lowest BCUT2D eigenvalue weighted by Gasteiger charge is -2.33. The minimum atomic E-state index is -0.355. The third-order valence-electron chi connectivity index (χ3n) is 3.57. The van der Waals surface area contributed by atoms with Gasteiger partial charge in [0.15, 0.2) is 5.58 Å². The van der Waals surface area contributed by atoms with Crippen LogP contribution in [-0.2, 0) is 0 Å². The Bertz CT molecular complexity index is 615. The molecule has 6 heteroatoms. The predicted molar refractivity (Wildman–Crippen MR) is 72.6 cm³/mol. The molecule has 1 aromatic heterocycles. The number of nitro groups is 1. The monoisotopic (exact) mass is 261 g/mol. The molecule has 1 saturated heterocycles. The van der Waals surface area contributed by atoms with Crippen molar-refractivity contribution in [2.45, 2.75) is 0 Å². The molecule has 0 bridgehead atoms. The maximum Gasteiger partial charge on any atom is 0.272 e. The van der Waals surface area contributed by atoms with Crippen LogP contribution in [-0.4, -0.2) is 43.0 Å². The fraction of sp³-hybridized carbons (Fsp3) is 0.385. The highest BCUT2D eigenvalue weighted by molar-refractivity contribution is 5.92. The van der Waals surface area contributed by atoms with Crippen molar-refractivity contribution in [1.82, 2.24) is 4.90 Å². The zero-order chi connectivity index (χ0) is 13.4. The van der Waals surface area contributed by atoms with E-state index in [0.717, 1.165) is 42.8 Å². The van der Waals surface area contributed by atoms with Crippen molar-refractivity contribution in [3.05, 3.63) is 34.6 Å². The molecule has 6 nitrogen and oxygen atoms in total. The molecular weight excluding hydrogens is 246 g/mol. The first-order valence-electron chi connectivity index (χ1n) is 6.24. The summed E-state index contributed by atoms with van der Waals surface area (Å²) in [5.74, 6) is 0. The van der Waals surface area contributed by atoms with Gasteiger partial charge < -0.3 is 14.2 Å². The Morgan fingerprint density at radius 3 is 2.68 bits per heavy atom. The maximum absolute atomic E-state index is 11.0. The lowest BCUT2D eigenvalue weighted by atomic mass is 10.1. The Morgan fingerprint density at radius 1 is 1.26 bits per heavy atom. The quantitative estimate of drug-likeness (QED) is 0.612. The summed E-state index contributed by atoms with van der Waals surface area (Å²) in [5.41, 5.74) is 1.67. The summed E-state index contributed by atoms with van der Waals surface area (Å²) >= 11 is 0. The highest BCUT2D eigenvalue weighted by Gasteiger charge is 2.21. The number of fused-ring (bicyclic) bond motifs is 1. The number of benzene rings is 1. The molecule has 0 N–H and O–H groups in total. The Labute approximate surface area is 110 Å². The smallest absolute Gasteiger partial charge is 0.272 e. The fourth-order valence-electron chi connectivity index (χ4n) is 2.44. The van der Waals surface area contributed by atoms with Crippen molar-refractivity contribution < 1.29 is 9.34 Å². The van der Waals surface area contributed by atoms with E-state index in [9.17, 15) is 10.1 Å². The van der Waals surface area contributed by atoms with Crippen LogP contribution in [0.3, 0.4) is 0 Å². The normalized spacial score (nSPS) is 17.0. The molecule has 1 aliphatic heterocycles. The van der Waals surface area contributed by atoms with E-state index in [-0.39, 0.29) is 10.6 Å². The zero-order valence-electron chi connectivity index (χ0n) is 10.7. The average Bonchev–Trinajstić information content (AvgIpc) is 2.86. The predicted octanol–water partition coefficient (Wildman–Crippen LogP) is 2.09. The number of piperazine rings is 1. The van der Waals surface area contributed by atoms with Gasteiger partial charge >= 0.3 is 0 Å². The van der Waals surface area contributed by atoms with Crippen molar-refractivity contribution in [2.75, 3.05) is 38.1 Å². The molecule has 0 amide bonds. The molecule has 2 heterocycles. The summed E-state index contributed by atoms with van der Waals surface area (Å²) in [6.07, 6.45) is 1.58. The van der Waals surface area contributed by atoms with Gasteiger partial charge in [-0.2, -0.15) is 0 Å². The van der Waals surface area contributed by atoms with E-state index in [2.05, 4.69) is 16.8 Å². The van der Waals surface area contributed by atoms with E-state index in [1.54, 1.807) is 24.5 Å². The first-order valence-corrected chi connectivity index (χ1v) is 6.24. The van der Waals surface area contributed by atoms with Gasteiger partial charge in [0.1, 0.15) is 0 Å². The summed E-state index contributed by atoms with van der Waals surface area (Å²) in [6.45, 7) is 3.61. The second-order valence-electron chi connectivity index (χ2n) is 4.85. The van der Waals surface area contributed by atoms with Crippen LogP contribution >= 0.6 is 0 Å². The molecule has 0 saturated carbocycles. The molecule has 1 aliphatic rings. The van der Waals surface area contributed by atoms with E-state index in [1.807, 2.05) is 0 Å². The van der Waals surface area contributed by atoms with Gasteiger partial charge in [0, 0.05) is 43.7 Å². The van der Waals surface area contributed by atoms with E-state index in [0.29, 0.717) is 0 Å². The van der Waals surface area contributed by atoms with Gasteiger partial charge in [-0.3, -0.25) is 10.1 Å². The largest absolute Gasteiger partial charge is 0.462 e. The highest BCUT2D eigenvalue weighted by Crippen LogP contribution is 2.33. The van der Waals surface area contributed by atoms with Crippen molar-refractivity contribution >= 4 is 22.3 Å². The number of nitrogens with zero attached hydrogens (tertiary/aromatic N) is 3. The summed E-state index contributed by atoms with van der Waals surface area (Å²) < 4.78 is 5.49. The average molecular weight is 261 g/mol. The number of rotatable bonds is 2. The Hall–Kier alpha value is -2.08.